The van der Waals surface area contributed by atoms with Gasteiger partial charge in [0.1, 0.15) is 0 Å². The maximum atomic E-state index is 12.9. The summed E-state index contributed by atoms with van der Waals surface area (Å²) in [4.78, 5) is 26.4. The molecular formula is C19H19IN2O2. The molecule has 2 aromatic rings. The van der Waals surface area contributed by atoms with Crippen molar-refractivity contribution in [2.75, 3.05) is 7.05 Å². The first-order valence-electron chi connectivity index (χ1n) is 7.96. The van der Waals surface area contributed by atoms with Crippen molar-refractivity contribution in [2.45, 2.75) is 25.4 Å². The van der Waals surface area contributed by atoms with Crippen molar-refractivity contribution >= 4 is 34.4 Å². The maximum Gasteiger partial charge on any atom is 0.254 e. The van der Waals surface area contributed by atoms with Crippen LogP contribution in [0.5, 0.6) is 0 Å². The third-order valence-corrected chi connectivity index (χ3v) is 4.79. The van der Waals surface area contributed by atoms with Crippen molar-refractivity contribution in [3.05, 3.63) is 68.8 Å². The molecule has 0 saturated heterocycles. The van der Waals surface area contributed by atoms with Gasteiger partial charge in [-0.2, -0.15) is 0 Å². The fraction of sp³-hybridized carbons (Fsp3) is 0.263. The smallest absolute Gasteiger partial charge is 0.254 e. The highest BCUT2D eigenvalue weighted by atomic mass is 127. The van der Waals surface area contributed by atoms with Gasteiger partial charge in [0.2, 0.25) is 0 Å². The molecule has 0 atom stereocenters. The summed E-state index contributed by atoms with van der Waals surface area (Å²) in [5.74, 6) is -0.0260. The van der Waals surface area contributed by atoms with E-state index in [0.717, 1.165) is 27.5 Å². The average Bonchev–Trinajstić information content (AvgIpc) is 3.44. The molecule has 1 aliphatic rings. The average molecular weight is 434 g/mol. The van der Waals surface area contributed by atoms with Gasteiger partial charge in [-0.15, -0.1) is 0 Å². The molecule has 4 nitrogen and oxygen atoms in total. The molecule has 2 amide bonds. The van der Waals surface area contributed by atoms with Crippen LogP contribution in [-0.4, -0.2) is 29.8 Å². The molecule has 1 saturated carbocycles. The number of carbonyl (C=O) groups is 2. The standard InChI is InChI=1S/C19H19IN2O2/c1-21-18(23)14-7-5-13(6-8-14)12-22(17-9-10-17)19(24)15-3-2-4-16(20)11-15/h2-8,11,17H,9-10,12H2,1H3,(H,21,23). The second kappa shape index (κ2) is 7.34. The molecule has 24 heavy (non-hydrogen) atoms. The zero-order valence-electron chi connectivity index (χ0n) is 13.5. The lowest BCUT2D eigenvalue weighted by Crippen LogP contribution is -2.32. The van der Waals surface area contributed by atoms with Crippen LogP contribution in [0.2, 0.25) is 0 Å². The number of nitrogens with one attached hydrogen (secondary N) is 1. The summed E-state index contributed by atoms with van der Waals surface area (Å²) in [5, 5.41) is 2.61. The predicted molar refractivity (Wildman–Crippen MR) is 102 cm³/mol. The fourth-order valence-electron chi connectivity index (χ4n) is 2.64. The van der Waals surface area contributed by atoms with E-state index in [9.17, 15) is 9.59 Å². The Morgan fingerprint density at radius 2 is 1.83 bits per heavy atom. The SMILES string of the molecule is CNC(=O)c1ccc(CN(C(=O)c2cccc(I)c2)C2CC2)cc1. The molecular weight excluding hydrogens is 415 g/mol. The zero-order valence-corrected chi connectivity index (χ0v) is 15.6. The molecule has 1 N–H and O–H groups in total. The minimum Gasteiger partial charge on any atom is -0.355 e. The van der Waals surface area contributed by atoms with Gasteiger partial charge in [0.25, 0.3) is 11.8 Å². The van der Waals surface area contributed by atoms with Crippen LogP contribution in [0.4, 0.5) is 0 Å². The summed E-state index contributed by atoms with van der Waals surface area (Å²) < 4.78 is 1.06. The van der Waals surface area contributed by atoms with Crippen LogP contribution >= 0.6 is 22.6 Å². The molecule has 0 radical (unpaired) electrons. The van der Waals surface area contributed by atoms with Gasteiger partial charge < -0.3 is 10.2 Å². The van der Waals surface area contributed by atoms with E-state index in [-0.39, 0.29) is 11.8 Å². The summed E-state index contributed by atoms with van der Waals surface area (Å²) in [6, 6.07) is 15.5. The Kier molecular flexibility index (Phi) is 5.18. The largest absolute Gasteiger partial charge is 0.355 e. The summed E-state index contributed by atoms with van der Waals surface area (Å²) in [5.41, 5.74) is 2.40. The summed E-state index contributed by atoms with van der Waals surface area (Å²) in [7, 11) is 1.62. The molecule has 0 heterocycles. The van der Waals surface area contributed by atoms with Crippen molar-refractivity contribution < 1.29 is 9.59 Å². The van der Waals surface area contributed by atoms with E-state index >= 15 is 0 Å². The predicted octanol–water partition coefficient (Wildman–Crippen LogP) is 3.46. The summed E-state index contributed by atoms with van der Waals surface area (Å²) >= 11 is 2.22. The van der Waals surface area contributed by atoms with Crippen molar-refractivity contribution in [1.29, 1.82) is 0 Å². The van der Waals surface area contributed by atoms with Crippen molar-refractivity contribution in [3.63, 3.8) is 0 Å². The monoisotopic (exact) mass is 434 g/mol. The van der Waals surface area contributed by atoms with E-state index < -0.39 is 0 Å². The lowest BCUT2D eigenvalue weighted by Gasteiger charge is -2.23. The molecule has 124 valence electrons. The Balaban J connectivity index is 1.77. The van der Waals surface area contributed by atoms with Gasteiger partial charge in [-0.05, 0) is 71.3 Å². The first kappa shape index (κ1) is 17.0. The highest BCUT2D eigenvalue weighted by Gasteiger charge is 2.33. The number of rotatable bonds is 5. The van der Waals surface area contributed by atoms with E-state index in [1.165, 1.54) is 0 Å². The number of hydrogen-bond donors (Lipinski definition) is 1. The van der Waals surface area contributed by atoms with Crippen molar-refractivity contribution in [3.8, 4) is 0 Å². The minimum atomic E-state index is -0.101. The number of carbonyl (C=O) groups excluding carboxylic acids is 2. The molecule has 2 aromatic carbocycles. The third kappa shape index (κ3) is 3.95. The van der Waals surface area contributed by atoms with Crippen LogP contribution in [0, 0.1) is 3.57 Å². The maximum absolute atomic E-state index is 12.9. The Morgan fingerprint density at radius 3 is 2.42 bits per heavy atom. The number of nitrogens with zero attached hydrogens (tertiary/aromatic N) is 1. The lowest BCUT2D eigenvalue weighted by molar-refractivity contribution is 0.0729. The van der Waals surface area contributed by atoms with E-state index in [2.05, 4.69) is 27.9 Å². The topological polar surface area (TPSA) is 49.4 Å². The number of halogens is 1. The fourth-order valence-corrected chi connectivity index (χ4v) is 3.19. The molecule has 0 aromatic heterocycles. The van der Waals surface area contributed by atoms with E-state index in [1.807, 2.05) is 41.3 Å². The molecule has 1 aliphatic carbocycles. The minimum absolute atomic E-state index is 0.0754. The Morgan fingerprint density at radius 1 is 1.12 bits per heavy atom. The molecule has 0 spiro atoms. The van der Waals surface area contributed by atoms with Crippen LogP contribution in [0.15, 0.2) is 48.5 Å². The van der Waals surface area contributed by atoms with Gasteiger partial charge in [-0.25, -0.2) is 0 Å². The molecule has 5 heteroatoms. The first-order valence-corrected chi connectivity index (χ1v) is 9.04. The molecule has 0 aliphatic heterocycles. The number of amides is 2. The third-order valence-electron chi connectivity index (χ3n) is 4.12. The zero-order chi connectivity index (χ0) is 17.1. The lowest BCUT2D eigenvalue weighted by atomic mass is 10.1. The van der Waals surface area contributed by atoms with Gasteiger partial charge in [-0.1, -0.05) is 18.2 Å². The van der Waals surface area contributed by atoms with Gasteiger partial charge in [0.05, 0.1) is 0 Å². The Hall–Kier alpha value is -1.89. The normalized spacial score (nSPS) is 13.4. The van der Waals surface area contributed by atoms with Crippen LogP contribution < -0.4 is 5.32 Å². The van der Waals surface area contributed by atoms with Crippen LogP contribution in [-0.2, 0) is 6.54 Å². The van der Waals surface area contributed by atoms with E-state index in [4.69, 9.17) is 0 Å². The van der Waals surface area contributed by atoms with Gasteiger partial charge in [-0.3, -0.25) is 9.59 Å². The number of hydrogen-bond acceptors (Lipinski definition) is 2. The van der Waals surface area contributed by atoms with Gasteiger partial charge in [0.15, 0.2) is 0 Å². The second-order valence-corrected chi connectivity index (χ2v) is 7.20. The van der Waals surface area contributed by atoms with Gasteiger partial charge in [0, 0.05) is 34.3 Å². The van der Waals surface area contributed by atoms with Crippen LogP contribution in [0.1, 0.15) is 39.1 Å². The number of benzene rings is 2. The quantitative estimate of drug-likeness (QED) is 0.734. The molecule has 3 rings (SSSR count). The van der Waals surface area contributed by atoms with E-state index in [1.54, 1.807) is 19.2 Å². The Bertz CT molecular complexity index is 754. The highest BCUT2D eigenvalue weighted by Crippen LogP contribution is 2.30. The van der Waals surface area contributed by atoms with Crippen LogP contribution in [0.25, 0.3) is 0 Å². The Labute approximate surface area is 155 Å². The van der Waals surface area contributed by atoms with Gasteiger partial charge >= 0.3 is 0 Å². The molecule has 0 bridgehead atoms. The van der Waals surface area contributed by atoms with E-state index in [0.29, 0.717) is 18.2 Å². The summed E-state index contributed by atoms with van der Waals surface area (Å²) in [6.07, 6.45) is 2.12. The van der Waals surface area contributed by atoms with Crippen LogP contribution in [0.3, 0.4) is 0 Å². The van der Waals surface area contributed by atoms with Crippen molar-refractivity contribution in [1.82, 2.24) is 10.2 Å². The molecule has 1 fully saturated rings. The second-order valence-electron chi connectivity index (χ2n) is 5.95. The summed E-state index contributed by atoms with van der Waals surface area (Å²) in [6.45, 7) is 0.572. The molecule has 0 unspecified atom stereocenters. The van der Waals surface area contributed by atoms with Crippen molar-refractivity contribution in [2.24, 2.45) is 0 Å². The first-order chi connectivity index (χ1) is 11.6. The highest BCUT2D eigenvalue weighted by molar-refractivity contribution is 14.1.